The Hall–Kier alpha value is -2.34. The highest BCUT2D eigenvalue weighted by atomic mass is 16.3. The van der Waals surface area contributed by atoms with Gasteiger partial charge in [-0.2, -0.15) is 0 Å². The number of hydrogen-bond acceptors (Lipinski definition) is 3. The molecule has 0 radical (unpaired) electrons. The van der Waals surface area contributed by atoms with Crippen molar-refractivity contribution in [2.75, 3.05) is 19.6 Å². The minimum atomic E-state index is -0.245. The predicted octanol–water partition coefficient (Wildman–Crippen LogP) is 1.77. The minimum Gasteiger partial charge on any atom is -0.391 e. The summed E-state index contributed by atoms with van der Waals surface area (Å²) in [6.07, 6.45) is 4.40. The summed E-state index contributed by atoms with van der Waals surface area (Å²) in [7, 11) is 0. The number of hydrogen-bond donors (Lipinski definition) is 2. The van der Waals surface area contributed by atoms with E-state index < -0.39 is 0 Å². The van der Waals surface area contributed by atoms with Gasteiger partial charge in [-0.15, -0.1) is 0 Å². The summed E-state index contributed by atoms with van der Waals surface area (Å²) in [5.74, 6) is 1.90. The topological polar surface area (TPSA) is 65.7 Å². The predicted molar refractivity (Wildman–Crippen MR) is 99.5 cm³/mol. The Morgan fingerprint density at radius 1 is 1.40 bits per heavy atom. The zero-order valence-corrected chi connectivity index (χ0v) is 15.0. The molecule has 0 spiro atoms. The lowest BCUT2D eigenvalue weighted by Gasteiger charge is -2.21. The average molecular weight is 341 g/mol. The van der Waals surface area contributed by atoms with Crippen molar-refractivity contribution in [3.05, 3.63) is 53.6 Å². The molecular weight excluding hydrogens is 314 g/mol. The molecule has 6 heteroatoms. The third-order valence-corrected chi connectivity index (χ3v) is 4.48. The van der Waals surface area contributed by atoms with E-state index in [2.05, 4.69) is 51.0 Å². The van der Waals surface area contributed by atoms with Gasteiger partial charge in [-0.3, -0.25) is 0 Å². The summed E-state index contributed by atoms with van der Waals surface area (Å²) < 4.78 is 2.14. The van der Waals surface area contributed by atoms with Crippen molar-refractivity contribution in [1.29, 1.82) is 0 Å². The van der Waals surface area contributed by atoms with E-state index in [0.29, 0.717) is 13.1 Å². The molecular formula is C19H27N5O. The normalized spacial score (nSPS) is 18.0. The summed E-state index contributed by atoms with van der Waals surface area (Å²) in [6, 6.07) is 8.52. The molecule has 1 aromatic heterocycles. The van der Waals surface area contributed by atoms with Crippen LogP contribution in [0.25, 0.3) is 0 Å². The van der Waals surface area contributed by atoms with Crippen LogP contribution in [-0.4, -0.2) is 51.3 Å². The van der Waals surface area contributed by atoms with Crippen molar-refractivity contribution in [3.8, 4) is 0 Å². The molecule has 1 aliphatic rings. The number of aryl methyl sites for hydroxylation is 1. The third kappa shape index (κ3) is 4.60. The van der Waals surface area contributed by atoms with E-state index in [-0.39, 0.29) is 6.10 Å². The summed E-state index contributed by atoms with van der Waals surface area (Å²) in [5.41, 5.74) is 2.43. The number of nitrogens with zero attached hydrogens (tertiary/aromatic N) is 4. The monoisotopic (exact) mass is 341 g/mol. The zero-order chi connectivity index (χ0) is 17.6. The van der Waals surface area contributed by atoms with Gasteiger partial charge in [0.1, 0.15) is 5.82 Å². The van der Waals surface area contributed by atoms with Crippen molar-refractivity contribution in [2.45, 2.75) is 39.5 Å². The molecule has 2 N–H and O–H groups in total. The Balaban J connectivity index is 1.68. The highest BCUT2D eigenvalue weighted by molar-refractivity contribution is 5.80. The highest BCUT2D eigenvalue weighted by Crippen LogP contribution is 2.12. The van der Waals surface area contributed by atoms with Gasteiger partial charge in [0.2, 0.25) is 0 Å². The first-order chi connectivity index (χ1) is 12.2. The number of likely N-dealkylation sites (tertiary alicyclic amines) is 1. The molecule has 1 aromatic carbocycles. The fourth-order valence-electron chi connectivity index (χ4n) is 3.12. The van der Waals surface area contributed by atoms with Crippen molar-refractivity contribution < 1.29 is 5.11 Å². The van der Waals surface area contributed by atoms with E-state index in [9.17, 15) is 5.11 Å². The molecule has 0 saturated carbocycles. The van der Waals surface area contributed by atoms with Crippen molar-refractivity contribution in [2.24, 2.45) is 4.99 Å². The molecule has 1 atom stereocenters. The van der Waals surface area contributed by atoms with Crippen LogP contribution in [0.3, 0.4) is 0 Å². The Kier molecular flexibility index (Phi) is 5.71. The van der Waals surface area contributed by atoms with Gasteiger partial charge in [0, 0.05) is 38.6 Å². The van der Waals surface area contributed by atoms with Crippen LogP contribution in [0.4, 0.5) is 0 Å². The fraction of sp³-hybridized carbons (Fsp3) is 0.474. The van der Waals surface area contributed by atoms with Crippen LogP contribution in [-0.2, 0) is 13.1 Å². The first kappa shape index (κ1) is 17.5. The molecule has 2 aromatic rings. The molecule has 1 saturated heterocycles. The Morgan fingerprint density at radius 2 is 2.24 bits per heavy atom. The second-order valence-electron chi connectivity index (χ2n) is 6.48. The van der Waals surface area contributed by atoms with Gasteiger partial charge in [-0.1, -0.05) is 24.3 Å². The quantitative estimate of drug-likeness (QED) is 0.643. The van der Waals surface area contributed by atoms with Crippen molar-refractivity contribution >= 4 is 5.96 Å². The lowest BCUT2D eigenvalue weighted by atomic mass is 10.1. The van der Waals surface area contributed by atoms with Crippen molar-refractivity contribution in [1.82, 2.24) is 19.8 Å². The first-order valence-electron chi connectivity index (χ1n) is 8.92. The number of rotatable bonds is 5. The van der Waals surface area contributed by atoms with E-state index in [1.165, 1.54) is 11.1 Å². The lowest BCUT2D eigenvalue weighted by molar-refractivity contribution is 0.188. The Labute approximate surface area is 149 Å². The van der Waals surface area contributed by atoms with Gasteiger partial charge in [0.25, 0.3) is 0 Å². The number of aliphatic imine (C=N–C) groups is 1. The van der Waals surface area contributed by atoms with Gasteiger partial charge >= 0.3 is 0 Å². The van der Waals surface area contributed by atoms with Crippen LogP contribution < -0.4 is 5.32 Å². The van der Waals surface area contributed by atoms with Gasteiger partial charge in [-0.25, -0.2) is 9.98 Å². The van der Waals surface area contributed by atoms with Gasteiger partial charge < -0.3 is 19.9 Å². The Morgan fingerprint density at radius 3 is 2.92 bits per heavy atom. The molecule has 0 aliphatic carbocycles. The van der Waals surface area contributed by atoms with Crippen molar-refractivity contribution in [3.63, 3.8) is 0 Å². The number of aromatic nitrogens is 2. The van der Waals surface area contributed by atoms with Crippen LogP contribution in [0.15, 0.2) is 41.7 Å². The number of nitrogens with one attached hydrogen (secondary N) is 1. The van der Waals surface area contributed by atoms with Crippen LogP contribution in [0, 0.1) is 6.92 Å². The molecule has 6 nitrogen and oxygen atoms in total. The summed E-state index contributed by atoms with van der Waals surface area (Å²) in [5, 5.41) is 13.1. The standard InChI is InChI=1S/C19H27N5O/c1-3-20-19(24-9-7-18(25)14-24)22-12-16-5-4-6-17(11-16)13-23-10-8-21-15(23)2/h4-6,8,10-11,18,25H,3,7,9,12-14H2,1-2H3,(H,20,22)/t18-/m1/s1. The third-order valence-electron chi connectivity index (χ3n) is 4.48. The number of aliphatic hydroxyl groups is 1. The number of benzene rings is 1. The van der Waals surface area contributed by atoms with Crippen LogP contribution in [0.1, 0.15) is 30.3 Å². The lowest BCUT2D eigenvalue weighted by Crippen LogP contribution is -2.40. The van der Waals surface area contributed by atoms with Crippen LogP contribution >= 0.6 is 0 Å². The summed E-state index contributed by atoms with van der Waals surface area (Å²) >= 11 is 0. The van der Waals surface area contributed by atoms with E-state index in [1.807, 2.05) is 19.3 Å². The SMILES string of the molecule is CCNC(=NCc1cccc(Cn2ccnc2C)c1)N1CC[C@@H](O)C1. The number of β-amino-alcohol motifs (C(OH)–C–C–N with tert-alkyl or cyclic N) is 1. The van der Waals surface area contributed by atoms with Gasteiger partial charge in [0.15, 0.2) is 5.96 Å². The molecule has 1 aliphatic heterocycles. The van der Waals surface area contributed by atoms with Gasteiger partial charge in [0.05, 0.1) is 12.6 Å². The smallest absolute Gasteiger partial charge is 0.194 e. The maximum absolute atomic E-state index is 9.75. The largest absolute Gasteiger partial charge is 0.391 e. The van der Waals surface area contributed by atoms with Crippen LogP contribution in [0.2, 0.25) is 0 Å². The molecule has 0 amide bonds. The fourth-order valence-corrected chi connectivity index (χ4v) is 3.12. The maximum Gasteiger partial charge on any atom is 0.194 e. The maximum atomic E-state index is 9.75. The number of imidazole rings is 1. The first-order valence-corrected chi connectivity index (χ1v) is 8.92. The zero-order valence-electron chi connectivity index (χ0n) is 15.0. The second-order valence-corrected chi connectivity index (χ2v) is 6.48. The number of aliphatic hydroxyl groups excluding tert-OH is 1. The molecule has 134 valence electrons. The van der Waals surface area contributed by atoms with E-state index >= 15 is 0 Å². The van der Waals surface area contributed by atoms with E-state index in [4.69, 9.17) is 4.99 Å². The number of guanidine groups is 1. The minimum absolute atomic E-state index is 0.245. The highest BCUT2D eigenvalue weighted by Gasteiger charge is 2.22. The van der Waals surface area contributed by atoms with E-state index in [1.54, 1.807) is 0 Å². The molecule has 3 rings (SSSR count). The molecule has 0 bridgehead atoms. The summed E-state index contributed by atoms with van der Waals surface area (Å²) in [4.78, 5) is 11.2. The van der Waals surface area contributed by atoms with Gasteiger partial charge in [-0.05, 0) is 31.4 Å². The molecule has 1 fully saturated rings. The Bertz CT molecular complexity index is 724. The van der Waals surface area contributed by atoms with E-state index in [0.717, 1.165) is 37.8 Å². The molecule has 2 heterocycles. The second kappa shape index (κ2) is 8.16. The van der Waals surface area contributed by atoms with Crippen LogP contribution in [0.5, 0.6) is 0 Å². The summed E-state index contributed by atoms with van der Waals surface area (Å²) in [6.45, 7) is 7.87. The molecule has 0 unspecified atom stereocenters. The average Bonchev–Trinajstić information content (AvgIpc) is 3.21. The molecule has 25 heavy (non-hydrogen) atoms.